The van der Waals surface area contributed by atoms with Crippen molar-refractivity contribution in [1.82, 2.24) is 0 Å². The molecule has 3 N–H and O–H groups in total. The number of allylic oxidation sites excluding steroid dienone is 8. The molecule has 0 spiro atoms. The first-order chi connectivity index (χ1) is 19.8. The zero-order chi connectivity index (χ0) is 31.0. The maximum atomic E-state index is 6.18. The Hall–Kier alpha value is -4.17. The van der Waals surface area contributed by atoms with E-state index in [9.17, 15) is 0 Å². The summed E-state index contributed by atoms with van der Waals surface area (Å²) in [4.78, 5) is 21.0. The van der Waals surface area contributed by atoms with E-state index in [0.717, 1.165) is 52.4 Å². The molecule has 8 nitrogen and oxygen atoms in total. The van der Waals surface area contributed by atoms with Gasteiger partial charge in [0.25, 0.3) is 0 Å². The zero-order valence-corrected chi connectivity index (χ0v) is 26.6. The average Bonchev–Trinajstić information content (AvgIpc) is 2.97. The van der Waals surface area contributed by atoms with Gasteiger partial charge < -0.3 is 15.8 Å². The van der Waals surface area contributed by atoms with Crippen molar-refractivity contribution in [3.8, 4) is 5.75 Å². The van der Waals surface area contributed by atoms with E-state index in [-0.39, 0.29) is 0 Å². The van der Waals surface area contributed by atoms with Gasteiger partial charge in [0.15, 0.2) is 0 Å². The molecule has 0 heterocycles. The first-order valence-corrected chi connectivity index (χ1v) is 13.7. The van der Waals surface area contributed by atoms with Gasteiger partial charge in [-0.2, -0.15) is 0 Å². The van der Waals surface area contributed by atoms with E-state index in [1.54, 1.807) is 21.1 Å². The molecule has 0 aliphatic heterocycles. The number of aryl methyl sites for hydroxylation is 1. The van der Waals surface area contributed by atoms with Crippen LogP contribution in [0.5, 0.6) is 5.75 Å². The minimum atomic E-state index is 0.685. The summed E-state index contributed by atoms with van der Waals surface area (Å²) in [5.74, 6) is 2.12. The van der Waals surface area contributed by atoms with E-state index in [2.05, 4.69) is 43.3 Å². The largest absolute Gasteiger partial charge is 0.457 e. The zero-order valence-electron chi connectivity index (χ0n) is 26.6. The minimum Gasteiger partial charge on any atom is -0.457 e. The van der Waals surface area contributed by atoms with Crippen LogP contribution >= 0.6 is 0 Å². The Kier molecular flexibility index (Phi) is 20.3. The minimum absolute atomic E-state index is 0.685. The lowest BCUT2D eigenvalue weighted by atomic mass is 9.99. The quantitative estimate of drug-likeness (QED) is 0.121. The van der Waals surface area contributed by atoms with Crippen molar-refractivity contribution in [3.05, 3.63) is 82.7 Å². The molecule has 0 aliphatic rings. The van der Waals surface area contributed by atoms with E-state index in [0.29, 0.717) is 11.6 Å². The van der Waals surface area contributed by atoms with Crippen LogP contribution in [-0.4, -0.2) is 58.1 Å². The molecule has 0 fully saturated rings. The summed E-state index contributed by atoms with van der Waals surface area (Å²) in [5.41, 5.74) is 10.7. The van der Waals surface area contributed by atoms with Gasteiger partial charge in [0, 0.05) is 44.8 Å². The number of nitrogens with zero attached hydrogens (tertiary/aromatic N) is 5. The molecule has 0 bridgehead atoms. The summed E-state index contributed by atoms with van der Waals surface area (Å²) in [6.45, 7) is 14.7. The SMILES string of the molecule is CCCN.C\C=C/C(C(/C=NC)=C/C)=C(\C)C(=NC=NC)Nc1ccc(OC(/C=C\C)=C/C(C)=NC=NC)c(C)c1. The maximum absolute atomic E-state index is 6.18. The third kappa shape index (κ3) is 14.7. The number of aliphatic imine (C=N–C) groups is 5. The van der Waals surface area contributed by atoms with E-state index >= 15 is 0 Å². The van der Waals surface area contributed by atoms with Crippen LogP contribution in [0.1, 0.15) is 53.5 Å². The smallest absolute Gasteiger partial charge is 0.135 e. The van der Waals surface area contributed by atoms with Crippen LogP contribution in [-0.2, 0) is 0 Å². The van der Waals surface area contributed by atoms with Gasteiger partial charge in [-0.1, -0.05) is 31.2 Å². The topological polar surface area (TPSA) is 109 Å². The van der Waals surface area contributed by atoms with E-state index in [4.69, 9.17) is 10.5 Å². The molecule has 41 heavy (non-hydrogen) atoms. The molecule has 0 unspecified atom stereocenters. The number of nitrogens with one attached hydrogen (secondary N) is 1. The molecular weight excluding hydrogens is 510 g/mol. The number of rotatable bonds is 12. The van der Waals surface area contributed by atoms with Gasteiger partial charge in [0.1, 0.15) is 30.0 Å². The van der Waals surface area contributed by atoms with Crippen molar-refractivity contribution in [3.63, 3.8) is 0 Å². The number of ether oxygens (including phenoxy) is 1. The predicted molar refractivity (Wildman–Crippen MR) is 183 cm³/mol. The number of benzene rings is 1. The first kappa shape index (κ1) is 36.8. The summed E-state index contributed by atoms with van der Waals surface area (Å²) in [7, 11) is 5.15. The Morgan fingerprint density at radius 2 is 1.59 bits per heavy atom. The second kappa shape index (κ2) is 22.6. The second-order valence-electron chi connectivity index (χ2n) is 8.71. The fraction of sp³-hybridized carbons (Fsp3) is 0.364. The van der Waals surface area contributed by atoms with Gasteiger partial charge in [-0.05, 0) is 101 Å². The fourth-order valence-electron chi connectivity index (χ4n) is 3.28. The number of amidine groups is 1. The standard InChI is InChI=1S/C30H40N6O.C3H9N/c1-10-13-27(18-23(5)34-20-32-8)37-29-16-15-26(17-22(29)4)36-30(35-21-33-9)24(6)28(14-11-2)25(12-3)19-31-7;1-2-3-4/h10-21H,1-9H3,(H,33,35,36);2-4H2,1H3/b13-10-,14-11-,25-12+,27-18+,28-24-,31-19?,32-20?,34-23?;. The van der Waals surface area contributed by atoms with Crippen molar-refractivity contribution in [2.24, 2.45) is 30.7 Å². The lowest BCUT2D eigenvalue weighted by molar-refractivity contribution is 0.442. The van der Waals surface area contributed by atoms with Gasteiger partial charge in [-0.25, -0.2) is 9.98 Å². The van der Waals surface area contributed by atoms with Crippen LogP contribution in [0.4, 0.5) is 5.69 Å². The van der Waals surface area contributed by atoms with Crippen LogP contribution in [0.25, 0.3) is 0 Å². The van der Waals surface area contributed by atoms with E-state index < -0.39 is 0 Å². The highest BCUT2D eigenvalue weighted by atomic mass is 16.5. The summed E-state index contributed by atoms with van der Waals surface area (Å²) in [5, 5.41) is 3.45. The number of nitrogens with two attached hydrogens (primary N) is 1. The Morgan fingerprint density at radius 1 is 0.951 bits per heavy atom. The average molecular weight is 560 g/mol. The van der Waals surface area contributed by atoms with Gasteiger partial charge in [-0.3, -0.25) is 15.0 Å². The van der Waals surface area contributed by atoms with Crippen LogP contribution in [0.15, 0.2) is 102 Å². The third-order valence-corrected chi connectivity index (χ3v) is 5.30. The van der Waals surface area contributed by atoms with Gasteiger partial charge in [-0.15, -0.1) is 0 Å². The highest BCUT2D eigenvalue weighted by molar-refractivity contribution is 6.12. The molecule has 222 valence electrons. The monoisotopic (exact) mass is 559 g/mol. The molecule has 0 saturated heterocycles. The van der Waals surface area contributed by atoms with Crippen LogP contribution in [0, 0.1) is 6.92 Å². The number of hydrogen-bond acceptors (Lipinski definition) is 5. The van der Waals surface area contributed by atoms with E-state index in [1.165, 1.54) is 12.7 Å². The Balaban J connectivity index is 0.00000373. The van der Waals surface area contributed by atoms with Gasteiger partial charge in [0.2, 0.25) is 0 Å². The highest BCUT2D eigenvalue weighted by Gasteiger charge is 2.12. The van der Waals surface area contributed by atoms with Crippen LogP contribution in [0.3, 0.4) is 0 Å². The molecule has 1 aromatic rings. The van der Waals surface area contributed by atoms with Crippen LogP contribution < -0.4 is 15.8 Å². The molecule has 0 aromatic heterocycles. The van der Waals surface area contributed by atoms with Crippen molar-refractivity contribution >= 4 is 36.1 Å². The second-order valence-corrected chi connectivity index (χ2v) is 8.71. The maximum Gasteiger partial charge on any atom is 0.135 e. The normalized spacial score (nSPS) is 14.4. The van der Waals surface area contributed by atoms with E-state index in [1.807, 2.05) is 96.3 Å². The first-order valence-electron chi connectivity index (χ1n) is 13.7. The molecule has 0 radical (unpaired) electrons. The molecule has 1 rings (SSSR count). The number of hydrogen-bond donors (Lipinski definition) is 2. The fourth-order valence-corrected chi connectivity index (χ4v) is 3.28. The summed E-state index contributed by atoms with van der Waals surface area (Å²) >= 11 is 0. The van der Waals surface area contributed by atoms with Crippen molar-refractivity contribution < 1.29 is 4.74 Å². The van der Waals surface area contributed by atoms with Gasteiger partial charge in [0.05, 0.1) is 0 Å². The van der Waals surface area contributed by atoms with Crippen molar-refractivity contribution in [1.29, 1.82) is 0 Å². The Morgan fingerprint density at radius 3 is 2.10 bits per heavy atom. The summed E-state index contributed by atoms with van der Waals surface area (Å²) in [6.07, 6.45) is 17.8. The molecule has 1 aromatic carbocycles. The van der Waals surface area contributed by atoms with Crippen molar-refractivity contribution in [2.75, 3.05) is 33.0 Å². The van der Waals surface area contributed by atoms with Crippen molar-refractivity contribution in [2.45, 2.75) is 54.9 Å². The Bertz CT molecular complexity index is 1240. The summed E-state index contributed by atoms with van der Waals surface area (Å²) in [6, 6.07) is 5.93. The molecule has 0 atom stereocenters. The molecule has 8 heteroatoms. The molecule has 0 saturated carbocycles. The van der Waals surface area contributed by atoms with Gasteiger partial charge >= 0.3 is 0 Å². The summed E-state index contributed by atoms with van der Waals surface area (Å²) < 4.78 is 6.18. The molecule has 0 amide bonds. The van der Waals surface area contributed by atoms with Crippen LogP contribution in [0.2, 0.25) is 0 Å². The third-order valence-electron chi connectivity index (χ3n) is 5.30. The molecule has 0 aliphatic carbocycles. The lowest BCUT2D eigenvalue weighted by Gasteiger charge is -2.16. The highest BCUT2D eigenvalue weighted by Crippen LogP contribution is 2.25. The number of anilines is 1. The predicted octanol–water partition coefficient (Wildman–Crippen LogP) is 7.32. The Labute approximate surface area is 247 Å². The molecular formula is C33H49N7O. The lowest BCUT2D eigenvalue weighted by Crippen LogP contribution is -2.16.